The number of hydrogen-bond donors (Lipinski definition) is 2. The van der Waals surface area contributed by atoms with Gasteiger partial charge < -0.3 is 10.3 Å². The number of nitrogens with zero attached hydrogens (tertiary/aromatic N) is 3. The Balaban J connectivity index is 1.98. The van der Waals surface area contributed by atoms with E-state index in [4.69, 9.17) is 5.84 Å². The summed E-state index contributed by atoms with van der Waals surface area (Å²) in [7, 11) is 2.16. The minimum absolute atomic E-state index is 0.779. The van der Waals surface area contributed by atoms with Gasteiger partial charge in [0.25, 0.3) is 0 Å². The summed E-state index contributed by atoms with van der Waals surface area (Å²) in [6, 6.07) is 4.02. The largest absolute Gasteiger partial charge is 0.308 e. The Bertz CT molecular complexity index is 333. The van der Waals surface area contributed by atoms with Gasteiger partial charge in [-0.3, -0.25) is 4.90 Å². The molecule has 16 heavy (non-hydrogen) atoms. The van der Waals surface area contributed by atoms with Gasteiger partial charge in [0.15, 0.2) is 0 Å². The van der Waals surface area contributed by atoms with Crippen LogP contribution in [0, 0.1) is 0 Å². The lowest BCUT2D eigenvalue weighted by Gasteiger charge is -2.32. The highest BCUT2D eigenvalue weighted by molar-refractivity contribution is 5.42. The van der Waals surface area contributed by atoms with E-state index in [0.29, 0.717) is 0 Å². The second kappa shape index (κ2) is 5.25. The molecule has 5 nitrogen and oxygen atoms in total. The molecule has 1 aromatic heterocycles. The summed E-state index contributed by atoms with van der Waals surface area (Å²) in [5, 5.41) is 0. The van der Waals surface area contributed by atoms with Gasteiger partial charge in [0, 0.05) is 44.5 Å². The highest BCUT2D eigenvalue weighted by atomic mass is 15.3. The highest BCUT2D eigenvalue weighted by Gasteiger charge is 2.15. The van der Waals surface area contributed by atoms with Crippen LogP contribution in [0.25, 0.3) is 0 Å². The number of likely N-dealkylation sites (N-methyl/N-ethyl adjacent to an activating group) is 1. The summed E-state index contributed by atoms with van der Waals surface area (Å²) in [6.45, 7) is 5.39. The first-order chi connectivity index (χ1) is 7.79. The fourth-order valence-corrected chi connectivity index (χ4v) is 1.94. The molecule has 0 spiro atoms. The van der Waals surface area contributed by atoms with Crippen LogP contribution < -0.4 is 11.3 Å². The lowest BCUT2D eigenvalue weighted by Crippen LogP contribution is -2.44. The molecule has 0 atom stereocenters. The van der Waals surface area contributed by atoms with Crippen LogP contribution >= 0.6 is 0 Å². The summed E-state index contributed by atoms with van der Waals surface area (Å²) < 4.78 is 0. The van der Waals surface area contributed by atoms with E-state index in [0.717, 1.165) is 44.1 Å². The van der Waals surface area contributed by atoms with E-state index < -0.39 is 0 Å². The molecule has 1 aliphatic rings. The maximum atomic E-state index is 5.44. The van der Waals surface area contributed by atoms with Crippen molar-refractivity contribution in [1.29, 1.82) is 0 Å². The number of hydrazine groups is 1. The predicted molar refractivity (Wildman–Crippen MR) is 64.8 cm³/mol. The Morgan fingerprint density at radius 1 is 1.38 bits per heavy atom. The van der Waals surface area contributed by atoms with Gasteiger partial charge in [-0.1, -0.05) is 6.07 Å². The first-order valence-corrected chi connectivity index (χ1v) is 5.61. The van der Waals surface area contributed by atoms with Crippen molar-refractivity contribution in [2.75, 3.05) is 38.7 Å². The average molecular weight is 221 g/mol. The van der Waals surface area contributed by atoms with Gasteiger partial charge in [-0.25, -0.2) is 10.8 Å². The number of anilines is 1. The Labute approximate surface area is 96.2 Å². The molecular formula is C11H19N5. The molecule has 1 saturated heterocycles. The van der Waals surface area contributed by atoms with E-state index in [-0.39, 0.29) is 0 Å². The standard InChI is InChI=1S/C11H19N5/c1-15-5-7-16(8-6-15)9-10-3-2-4-13-11(10)14-12/h2-4H,5-9,12H2,1H3,(H,13,14). The summed E-state index contributed by atoms with van der Waals surface area (Å²) in [6.07, 6.45) is 1.75. The van der Waals surface area contributed by atoms with Crippen molar-refractivity contribution in [1.82, 2.24) is 14.8 Å². The molecule has 0 bridgehead atoms. The third kappa shape index (κ3) is 2.69. The number of piperazine rings is 1. The molecule has 3 N–H and O–H groups in total. The van der Waals surface area contributed by atoms with Gasteiger partial charge in [-0.2, -0.15) is 0 Å². The number of nitrogens with two attached hydrogens (primary N) is 1. The van der Waals surface area contributed by atoms with Gasteiger partial charge in [-0.15, -0.1) is 0 Å². The van der Waals surface area contributed by atoms with Crippen LogP contribution in [-0.2, 0) is 6.54 Å². The van der Waals surface area contributed by atoms with Crippen LogP contribution in [0.4, 0.5) is 5.82 Å². The Morgan fingerprint density at radius 3 is 2.81 bits per heavy atom. The molecule has 0 saturated carbocycles. The predicted octanol–water partition coefficient (Wildman–Crippen LogP) is 0.115. The topological polar surface area (TPSA) is 57.4 Å². The number of nitrogens with one attached hydrogen (secondary N) is 1. The first kappa shape index (κ1) is 11.3. The van der Waals surface area contributed by atoms with E-state index in [1.807, 2.05) is 6.07 Å². The molecule has 2 heterocycles. The molecule has 88 valence electrons. The molecule has 2 rings (SSSR count). The molecule has 5 heteroatoms. The van der Waals surface area contributed by atoms with E-state index in [1.54, 1.807) is 6.20 Å². The van der Waals surface area contributed by atoms with Crippen LogP contribution in [0.2, 0.25) is 0 Å². The minimum Gasteiger partial charge on any atom is -0.308 e. The highest BCUT2D eigenvalue weighted by Crippen LogP contribution is 2.13. The fourth-order valence-electron chi connectivity index (χ4n) is 1.94. The Hall–Kier alpha value is -1.17. The van der Waals surface area contributed by atoms with E-state index >= 15 is 0 Å². The van der Waals surface area contributed by atoms with Crippen LogP contribution in [0.5, 0.6) is 0 Å². The van der Waals surface area contributed by atoms with Crippen LogP contribution in [0.1, 0.15) is 5.56 Å². The summed E-state index contributed by atoms with van der Waals surface area (Å²) >= 11 is 0. The third-order valence-corrected chi connectivity index (χ3v) is 3.02. The second-order valence-corrected chi connectivity index (χ2v) is 4.23. The van der Waals surface area contributed by atoms with Crippen LogP contribution in [0.15, 0.2) is 18.3 Å². The average Bonchev–Trinajstić information content (AvgIpc) is 2.33. The normalized spacial score (nSPS) is 18.6. The van der Waals surface area contributed by atoms with Gasteiger partial charge in [0.05, 0.1) is 0 Å². The van der Waals surface area contributed by atoms with Crippen molar-refractivity contribution < 1.29 is 0 Å². The summed E-state index contributed by atoms with van der Waals surface area (Å²) in [5.41, 5.74) is 3.81. The van der Waals surface area contributed by atoms with E-state index in [9.17, 15) is 0 Å². The zero-order chi connectivity index (χ0) is 11.4. The Kier molecular flexibility index (Phi) is 3.71. The fraction of sp³-hybridized carbons (Fsp3) is 0.545. The van der Waals surface area contributed by atoms with Gasteiger partial charge >= 0.3 is 0 Å². The SMILES string of the molecule is CN1CCN(Cc2cccnc2NN)CC1. The van der Waals surface area contributed by atoms with E-state index in [2.05, 4.69) is 33.3 Å². The minimum atomic E-state index is 0.779. The van der Waals surface area contributed by atoms with Gasteiger partial charge in [0.1, 0.15) is 5.82 Å². The van der Waals surface area contributed by atoms with Crippen molar-refractivity contribution in [3.8, 4) is 0 Å². The maximum absolute atomic E-state index is 5.44. The monoisotopic (exact) mass is 221 g/mol. The number of rotatable bonds is 3. The zero-order valence-electron chi connectivity index (χ0n) is 9.69. The maximum Gasteiger partial charge on any atom is 0.144 e. The van der Waals surface area contributed by atoms with Crippen molar-refractivity contribution in [2.24, 2.45) is 5.84 Å². The van der Waals surface area contributed by atoms with Crippen LogP contribution in [-0.4, -0.2) is 48.0 Å². The lowest BCUT2D eigenvalue weighted by atomic mass is 10.2. The number of hydrogen-bond acceptors (Lipinski definition) is 5. The van der Waals surface area contributed by atoms with Crippen LogP contribution in [0.3, 0.4) is 0 Å². The molecule has 1 fully saturated rings. The molecule has 0 amide bonds. The zero-order valence-corrected chi connectivity index (χ0v) is 9.69. The molecule has 0 radical (unpaired) electrons. The van der Waals surface area contributed by atoms with Gasteiger partial charge in [0.2, 0.25) is 0 Å². The number of nitrogen functional groups attached to an aromatic ring is 1. The molecule has 1 aromatic rings. The molecule has 1 aliphatic heterocycles. The smallest absolute Gasteiger partial charge is 0.144 e. The van der Waals surface area contributed by atoms with Gasteiger partial charge in [-0.05, 0) is 13.1 Å². The van der Waals surface area contributed by atoms with Crippen molar-refractivity contribution in [3.05, 3.63) is 23.9 Å². The van der Waals surface area contributed by atoms with Crippen molar-refractivity contribution in [3.63, 3.8) is 0 Å². The van der Waals surface area contributed by atoms with Crippen molar-refractivity contribution >= 4 is 5.82 Å². The molecule has 0 aliphatic carbocycles. The Morgan fingerprint density at radius 2 is 2.12 bits per heavy atom. The molecular weight excluding hydrogens is 202 g/mol. The summed E-state index contributed by atoms with van der Waals surface area (Å²) in [5.74, 6) is 6.22. The second-order valence-electron chi connectivity index (χ2n) is 4.23. The third-order valence-electron chi connectivity index (χ3n) is 3.02. The molecule has 0 aromatic carbocycles. The summed E-state index contributed by atoms with van der Waals surface area (Å²) in [4.78, 5) is 8.98. The first-order valence-electron chi connectivity index (χ1n) is 5.61. The molecule has 0 unspecified atom stereocenters. The number of aromatic nitrogens is 1. The van der Waals surface area contributed by atoms with Crippen molar-refractivity contribution in [2.45, 2.75) is 6.54 Å². The van der Waals surface area contributed by atoms with E-state index in [1.165, 1.54) is 0 Å². The number of pyridine rings is 1. The quantitative estimate of drug-likeness (QED) is 0.560. The lowest BCUT2D eigenvalue weighted by molar-refractivity contribution is 0.148.